The van der Waals surface area contributed by atoms with E-state index in [0.29, 0.717) is 18.0 Å². The standard InChI is InChI=1S/C17H17NOS.C7H8N2O2.C2H6/c1-11-6-7-15-16(9-11)18(10-14-5-4-8-20-14)12(2)17(15)13(3)19;1-11-7-4-6(9-5-10)2-3-8-7;1-2/h4-9H,10H2,1-3H3;2-5H,1H3,(H,8,9,10);1-2H3. The molecule has 1 amide bonds. The third-order valence-corrected chi connectivity index (χ3v) is 5.76. The van der Waals surface area contributed by atoms with Gasteiger partial charge in [-0.05, 0) is 49.9 Å². The number of ether oxygens (including phenoxy) is 1. The first kappa shape index (κ1) is 25.8. The highest BCUT2D eigenvalue weighted by Gasteiger charge is 2.17. The maximum atomic E-state index is 12.0. The van der Waals surface area contributed by atoms with Gasteiger partial charge in [0, 0.05) is 45.0 Å². The van der Waals surface area contributed by atoms with Gasteiger partial charge in [0.1, 0.15) is 0 Å². The molecule has 4 rings (SSSR count). The van der Waals surface area contributed by atoms with E-state index in [9.17, 15) is 9.59 Å². The summed E-state index contributed by atoms with van der Waals surface area (Å²) in [6.45, 7) is 10.6. The Morgan fingerprint density at radius 2 is 1.94 bits per heavy atom. The number of methoxy groups -OCH3 is 1. The number of ketones is 1. The van der Waals surface area contributed by atoms with Gasteiger partial charge in [0.15, 0.2) is 5.78 Å². The minimum atomic E-state index is 0.140. The molecule has 0 spiro atoms. The van der Waals surface area contributed by atoms with Gasteiger partial charge in [-0.2, -0.15) is 0 Å². The van der Waals surface area contributed by atoms with E-state index >= 15 is 0 Å². The SMILES string of the molecule is CC.CC(=O)c1c(C)n(Cc2cccs2)c2cc(C)ccc12.COc1cc(NC=O)ccn1. The number of nitrogens with zero attached hydrogens (tertiary/aromatic N) is 2. The van der Waals surface area contributed by atoms with E-state index in [1.165, 1.54) is 17.6 Å². The Morgan fingerprint density at radius 1 is 1.18 bits per heavy atom. The van der Waals surface area contributed by atoms with Gasteiger partial charge < -0.3 is 14.6 Å². The first-order chi connectivity index (χ1) is 15.9. The second-order valence-corrected chi connectivity index (χ2v) is 8.08. The lowest BCUT2D eigenvalue weighted by molar-refractivity contribution is -0.105. The van der Waals surface area contributed by atoms with Crippen molar-refractivity contribution in [2.45, 2.75) is 41.2 Å². The predicted octanol–water partition coefficient (Wildman–Crippen LogP) is 6.26. The van der Waals surface area contributed by atoms with Crippen LogP contribution in [-0.4, -0.2) is 28.9 Å². The van der Waals surface area contributed by atoms with Gasteiger partial charge in [-0.1, -0.05) is 32.0 Å². The van der Waals surface area contributed by atoms with Crippen molar-refractivity contribution < 1.29 is 14.3 Å². The fourth-order valence-electron chi connectivity index (χ4n) is 3.47. The van der Waals surface area contributed by atoms with Crippen molar-refractivity contribution in [2.75, 3.05) is 12.4 Å². The van der Waals surface area contributed by atoms with Gasteiger partial charge in [0.2, 0.25) is 12.3 Å². The van der Waals surface area contributed by atoms with Crippen LogP contribution in [0.15, 0.2) is 54.0 Å². The zero-order valence-corrected chi connectivity index (χ0v) is 20.8. The van der Waals surface area contributed by atoms with E-state index in [-0.39, 0.29) is 5.78 Å². The normalized spacial score (nSPS) is 9.88. The van der Waals surface area contributed by atoms with Gasteiger partial charge >= 0.3 is 0 Å². The van der Waals surface area contributed by atoms with Crippen molar-refractivity contribution in [1.29, 1.82) is 0 Å². The highest BCUT2D eigenvalue weighted by Crippen LogP contribution is 2.28. The number of amides is 1. The number of aromatic nitrogens is 2. The molecule has 1 aromatic carbocycles. The molecule has 0 radical (unpaired) electrons. The van der Waals surface area contributed by atoms with Crippen LogP contribution in [0.1, 0.15) is 47.3 Å². The number of pyridine rings is 1. The number of Topliss-reactive ketones (excluding diaryl/α,β-unsaturated/α-hetero) is 1. The minimum Gasteiger partial charge on any atom is -0.481 e. The zero-order chi connectivity index (χ0) is 24.4. The number of carbonyl (C=O) groups excluding carboxylic acids is 2. The maximum Gasteiger partial charge on any atom is 0.214 e. The Hall–Kier alpha value is -3.45. The first-order valence-electron chi connectivity index (χ1n) is 10.8. The number of fused-ring (bicyclic) bond motifs is 1. The molecule has 0 aliphatic carbocycles. The van der Waals surface area contributed by atoms with Crippen molar-refractivity contribution in [3.8, 4) is 5.88 Å². The number of benzene rings is 1. The van der Waals surface area contributed by atoms with Gasteiger partial charge in [-0.15, -0.1) is 11.3 Å². The third kappa shape index (κ3) is 6.52. The Labute approximate surface area is 199 Å². The summed E-state index contributed by atoms with van der Waals surface area (Å²) in [6, 6.07) is 13.8. The summed E-state index contributed by atoms with van der Waals surface area (Å²) in [5.74, 6) is 0.623. The molecule has 174 valence electrons. The summed E-state index contributed by atoms with van der Waals surface area (Å²) >= 11 is 1.75. The number of hydrogen-bond donors (Lipinski definition) is 1. The number of rotatable bonds is 6. The van der Waals surface area contributed by atoms with Crippen molar-refractivity contribution in [3.05, 3.63) is 75.7 Å². The molecule has 7 heteroatoms. The number of nitrogens with one attached hydrogen (secondary N) is 1. The van der Waals surface area contributed by atoms with E-state index in [0.717, 1.165) is 28.7 Å². The Morgan fingerprint density at radius 3 is 2.55 bits per heavy atom. The minimum absolute atomic E-state index is 0.140. The highest BCUT2D eigenvalue weighted by atomic mass is 32.1. The molecule has 0 saturated carbocycles. The number of anilines is 1. The Bertz CT molecular complexity index is 1200. The topological polar surface area (TPSA) is 73.2 Å². The summed E-state index contributed by atoms with van der Waals surface area (Å²) in [5, 5.41) is 5.64. The largest absolute Gasteiger partial charge is 0.481 e. The van der Waals surface area contributed by atoms with E-state index in [1.807, 2.05) is 20.8 Å². The average molecular weight is 466 g/mol. The second kappa shape index (κ2) is 12.6. The lowest BCUT2D eigenvalue weighted by atomic mass is 10.1. The zero-order valence-electron chi connectivity index (χ0n) is 20.0. The van der Waals surface area contributed by atoms with Gasteiger partial charge in [0.05, 0.1) is 13.7 Å². The van der Waals surface area contributed by atoms with Crippen LogP contribution < -0.4 is 10.1 Å². The van der Waals surface area contributed by atoms with Crippen LogP contribution in [0, 0.1) is 13.8 Å². The smallest absolute Gasteiger partial charge is 0.214 e. The molecule has 0 fully saturated rings. The number of hydrogen-bond acceptors (Lipinski definition) is 5. The van der Waals surface area contributed by atoms with Crippen LogP contribution in [-0.2, 0) is 11.3 Å². The molecular formula is C26H31N3O3S. The summed E-state index contributed by atoms with van der Waals surface area (Å²) in [4.78, 5) is 27.1. The van der Waals surface area contributed by atoms with E-state index in [2.05, 4.69) is 57.5 Å². The van der Waals surface area contributed by atoms with Crippen LogP contribution >= 0.6 is 11.3 Å². The summed E-state index contributed by atoms with van der Waals surface area (Å²) in [5.41, 5.74) is 4.97. The lowest BCUT2D eigenvalue weighted by Gasteiger charge is -2.07. The molecule has 4 aromatic rings. The Balaban J connectivity index is 0.000000252. The number of aryl methyl sites for hydroxylation is 1. The first-order valence-corrected chi connectivity index (χ1v) is 11.7. The molecule has 0 saturated heterocycles. The van der Waals surface area contributed by atoms with E-state index in [4.69, 9.17) is 4.74 Å². The average Bonchev–Trinajstić information content (AvgIpc) is 3.42. The molecule has 3 heterocycles. The molecule has 3 aromatic heterocycles. The van der Waals surface area contributed by atoms with Crippen LogP contribution in [0.3, 0.4) is 0 Å². The molecule has 0 unspecified atom stereocenters. The third-order valence-electron chi connectivity index (χ3n) is 4.90. The van der Waals surface area contributed by atoms with Gasteiger partial charge in [-0.3, -0.25) is 9.59 Å². The molecule has 6 nitrogen and oxygen atoms in total. The predicted molar refractivity (Wildman–Crippen MR) is 137 cm³/mol. The fourth-order valence-corrected chi connectivity index (χ4v) is 4.17. The molecule has 0 bridgehead atoms. The van der Waals surface area contributed by atoms with Gasteiger partial charge in [0.25, 0.3) is 0 Å². The van der Waals surface area contributed by atoms with Crippen LogP contribution in [0.25, 0.3) is 10.9 Å². The van der Waals surface area contributed by atoms with Crippen molar-refractivity contribution in [3.63, 3.8) is 0 Å². The van der Waals surface area contributed by atoms with Crippen molar-refractivity contribution in [2.24, 2.45) is 0 Å². The molecular weight excluding hydrogens is 434 g/mol. The fraction of sp³-hybridized carbons (Fsp3) is 0.269. The van der Waals surface area contributed by atoms with E-state index < -0.39 is 0 Å². The molecule has 0 atom stereocenters. The van der Waals surface area contributed by atoms with Crippen LogP contribution in [0.5, 0.6) is 5.88 Å². The Kier molecular flexibility index (Phi) is 9.82. The second-order valence-electron chi connectivity index (χ2n) is 7.05. The maximum absolute atomic E-state index is 12.0. The molecule has 33 heavy (non-hydrogen) atoms. The van der Waals surface area contributed by atoms with Gasteiger partial charge in [-0.25, -0.2) is 4.98 Å². The number of thiophene rings is 1. The van der Waals surface area contributed by atoms with Crippen LogP contribution in [0.2, 0.25) is 0 Å². The van der Waals surface area contributed by atoms with Crippen LogP contribution in [0.4, 0.5) is 5.69 Å². The van der Waals surface area contributed by atoms with E-state index in [1.54, 1.807) is 36.6 Å². The number of carbonyl (C=O) groups is 2. The summed E-state index contributed by atoms with van der Waals surface area (Å²) in [7, 11) is 1.52. The van der Waals surface area contributed by atoms with Crippen molar-refractivity contribution >= 4 is 40.1 Å². The quantitative estimate of drug-likeness (QED) is 0.270. The highest BCUT2D eigenvalue weighted by molar-refractivity contribution is 7.09. The molecule has 0 aliphatic rings. The summed E-state index contributed by atoms with van der Waals surface area (Å²) in [6.07, 6.45) is 2.17. The summed E-state index contributed by atoms with van der Waals surface area (Å²) < 4.78 is 7.09. The molecule has 0 aliphatic heterocycles. The monoisotopic (exact) mass is 465 g/mol. The van der Waals surface area contributed by atoms with Crippen molar-refractivity contribution in [1.82, 2.24) is 9.55 Å². The molecule has 1 N–H and O–H groups in total. The lowest BCUT2D eigenvalue weighted by Crippen LogP contribution is -2.02.